The molecule has 62 valence electrons. The second-order valence-corrected chi connectivity index (χ2v) is 3.50. The molecule has 1 aromatic heterocycles. The van der Waals surface area contributed by atoms with Gasteiger partial charge in [-0.1, -0.05) is 22.6 Å². The highest BCUT2D eigenvalue weighted by Gasteiger charge is 2.09. The molecular formula is C6H7IO3S. The van der Waals surface area contributed by atoms with Crippen LogP contribution in [-0.2, 0) is 10.2 Å². The molecule has 0 bridgehead atoms. The molecule has 0 fully saturated rings. The lowest BCUT2D eigenvalue weighted by atomic mass is 10.4. The molecule has 0 saturated carbocycles. The molecule has 1 rings (SSSR count). The van der Waals surface area contributed by atoms with Crippen LogP contribution in [-0.4, -0.2) is 6.26 Å². The molecule has 0 saturated heterocycles. The van der Waals surface area contributed by atoms with Crippen molar-refractivity contribution in [3.05, 3.63) is 22.1 Å². The number of hydrogen-bond acceptors (Lipinski definition) is 4. The van der Waals surface area contributed by atoms with Gasteiger partial charge in [0.05, 0.1) is 10.2 Å². The fourth-order valence-electron chi connectivity index (χ4n) is 0.679. The molecule has 0 atom stereocenters. The topological polar surface area (TPSA) is 43.4 Å². The van der Waals surface area contributed by atoms with Gasteiger partial charge in [0, 0.05) is 0 Å². The van der Waals surface area contributed by atoms with Crippen molar-refractivity contribution in [1.29, 1.82) is 0 Å². The van der Waals surface area contributed by atoms with Gasteiger partial charge in [-0.05, 0) is 6.26 Å². The standard InChI is InChI=1S/C6H7IO3S/c1-11-3-5-4(2-7)9-6(8)10-5/h2-3H2,1H3. The maximum atomic E-state index is 10.6. The monoisotopic (exact) mass is 286 g/mol. The lowest BCUT2D eigenvalue weighted by Crippen LogP contribution is -1.85. The Morgan fingerprint density at radius 2 is 2.09 bits per heavy atom. The van der Waals surface area contributed by atoms with E-state index in [1.807, 2.05) is 6.26 Å². The van der Waals surface area contributed by atoms with Crippen LogP contribution in [0.4, 0.5) is 0 Å². The van der Waals surface area contributed by atoms with Crippen LogP contribution in [0, 0.1) is 0 Å². The van der Waals surface area contributed by atoms with Gasteiger partial charge in [-0.25, -0.2) is 4.79 Å². The molecule has 0 unspecified atom stereocenters. The Bertz CT molecular complexity index is 278. The van der Waals surface area contributed by atoms with E-state index in [0.29, 0.717) is 21.7 Å². The van der Waals surface area contributed by atoms with Gasteiger partial charge in [-0.15, -0.1) is 0 Å². The van der Waals surface area contributed by atoms with Crippen LogP contribution in [0.3, 0.4) is 0 Å². The molecule has 0 aliphatic heterocycles. The second kappa shape index (κ2) is 4.20. The zero-order valence-corrected chi connectivity index (χ0v) is 8.90. The Hall–Kier alpha value is 0.0900. The van der Waals surface area contributed by atoms with Crippen molar-refractivity contribution in [2.75, 3.05) is 6.26 Å². The van der Waals surface area contributed by atoms with E-state index < -0.39 is 5.82 Å². The first-order valence-corrected chi connectivity index (χ1v) is 5.86. The van der Waals surface area contributed by atoms with E-state index in [-0.39, 0.29) is 0 Å². The molecule has 0 radical (unpaired) electrons. The lowest BCUT2D eigenvalue weighted by molar-refractivity contribution is 0.372. The number of hydrogen-bond donors (Lipinski definition) is 0. The quantitative estimate of drug-likeness (QED) is 0.630. The maximum Gasteiger partial charge on any atom is 0.519 e. The van der Waals surface area contributed by atoms with Crippen molar-refractivity contribution in [3.8, 4) is 0 Å². The van der Waals surface area contributed by atoms with Crippen molar-refractivity contribution in [1.82, 2.24) is 0 Å². The smallest absolute Gasteiger partial charge is 0.395 e. The van der Waals surface area contributed by atoms with Gasteiger partial charge in [0.1, 0.15) is 0 Å². The minimum Gasteiger partial charge on any atom is -0.395 e. The number of thioether (sulfide) groups is 1. The van der Waals surface area contributed by atoms with Gasteiger partial charge in [-0.3, -0.25) is 0 Å². The summed E-state index contributed by atoms with van der Waals surface area (Å²) in [6.07, 6.45) is 1.95. The Balaban J connectivity index is 2.92. The van der Waals surface area contributed by atoms with Gasteiger partial charge < -0.3 is 8.83 Å². The summed E-state index contributed by atoms with van der Waals surface area (Å²) >= 11 is 3.73. The first-order chi connectivity index (χ1) is 5.27. The second-order valence-electron chi connectivity index (χ2n) is 1.87. The largest absolute Gasteiger partial charge is 0.519 e. The van der Waals surface area contributed by atoms with Crippen molar-refractivity contribution in [3.63, 3.8) is 0 Å². The van der Waals surface area contributed by atoms with E-state index in [0.717, 1.165) is 0 Å². The zero-order chi connectivity index (χ0) is 8.27. The summed E-state index contributed by atoms with van der Waals surface area (Å²) in [5, 5.41) is 0. The van der Waals surface area contributed by atoms with Crippen LogP contribution in [0.1, 0.15) is 11.5 Å². The summed E-state index contributed by atoms with van der Waals surface area (Å²) in [5.74, 6) is 1.42. The van der Waals surface area contributed by atoms with Gasteiger partial charge in [-0.2, -0.15) is 11.8 Å². The summed E-state index contributed by atoms with van der Waals surface area (Å²) in [7, 11) is 0. The first-order valence-electron chi connectivity index (χ1n) is 2.94. The summed E-state index contributed by atoms with van der Waals surface area (Å²) < 4.78 is 10.3. The minimum absolute atomic E-state index is 0.597. The fourth-order valence-corrected chi connectivity index (χ4v) is 1.74. The highest BCUT2D eigenvalue weighted by molar-refractivity contribution is 14.1. The van der Waals surface area contributed by atoms with Gasteiger partial charge in [0.15, 0.2) is 11.5 Å². The van der Waals surface area contributed by atoms with E-state index in [1.54, 1.807) is 11.8 Å². The molecule has 0 amide bonds. The SMILES string of the molecule is CSCc1oc(=O)oc1CI. The predicted molar refractivity (Wildman–Crippen MR) is 52.2 cm³/mol. The van der Waals surface area contributed by atoms with Crippen molar-refractivity contribution < 1.29 is 8.83 Å². The molecule has 0 aliphatic carbocycles. The van der Waals surface area contributed by atoms with E-state index in [2.05, 4.69) is 22.6 Å². The van der Waals surface area contributed by atoms with Gasteiger partial charge in [0.25, 0.3) is 0 Å². The van der Waals surface area contributed by atoms with Crippen LogP contribution in [0.25, 0.3) is 0 Å². The van der Waals surface area contributed by atoms with Crippen LogP contribution in [0.15, 0.2) is 13.6 Å². The van der Waals surface area contributed by atoms with Crippen LogP contribution in [0.2, 0.25) is 0 Å². The Labute approximate surface area is 81.7 Å². The average Bonchev–Trinajstić information content (AvgIpc) is 2.32. The number of alkyl halides is 1. The van der Waals surface area contributed by atoms with E-state index in [9.17, 15) is 4.79 Å². The number of halogens is 1. The minimum atomic E-state index is -0.597. The molecule has 0 N–H and O–H groups in total. The van der Waals surface area contributed by atoms with E-state index >= 15 is 0 Å². The van der Waals surface area contributed by atoms with E-state index in [1.165, 1.54) is 0 Å². The van der Waals surface area contributed by atoms with Gasteiger partial charge >= 0.3 is 5.82 Å². The van der Waals surface area contributed by atoms with Crippen LogP contribution >= 0.6 is 34.4 Å². The normalized spacial score (nSPS) is 10.4. The summed E-state index contributed by atoms with van der Waals surface area (Å²) in [6.45, 7) is 0. The summed E-state index contributed by atoms with van der Waals surface area (Å²) in [5.41, 5.74) is 0. The number of rotatable bonds is 3. The summed E-state index contributed by atoms with van der Waals surface area (Å²) in [4.78, 5) is 10.6. The van der Waals surface area contributed by atoms with Crippen molar-refractivity contribution in [2.24, 2.45) is 0 Å². The highest BCUT2D eigenvalue weighted by atomic mass is 127. The van der Waals surface area contributed by atoms with Crippen molar-refractivity contribution in [2.45, 2.75) is 10.2 Å². The van der Waals surface area contributed by atoms with Crippen molar-refractivity contribution >= 4 is 34.4 Å². The molecule has 1 heterocycles. The third-order valence-corrected chi connectivity index (χ3v) is 2.36. The Morgan fingerprint density at radius 1 is 1.45 bits per heavy atom. The Morgan fingerprint density at radius 3 is 2.64 bits per heavy atom. The molecular weight excluding hydrogens is 279 g/mol. The summed E-state index contributed by atoms with van der Waals surface area (Å²) in [6, 6.07) is 0. The Kier molecular flexibility index (Phi) is 3.50. The molecule has 0 spiro atoms. The third kappa shape index (κ3) is 2.26. The van der Waals surface area contributed by atoms with Crippen LogP contribution in [0.5, 0.6) is 0 Å². The molecule has 11 heavy (non-hydrogen) atoms. The molecule has 3 nitrogen and oxygen atoms in total. The molecule has 5 heteroatoms. The van der Waals surface area contributed by atoms with E-state index in [4.69, 9.17) is 8.83 Å². The highest BCUT2D eigenvalue weighted by Crippen LogP contribution is 2.15. The predicted octanol–water partition coefficient (Wildman–Crippen LogP) is 2.03. The fraction of sp³-hybridized carbons (Fsp3) is 0.500. The zero-order valence-electron chi connectivity index (χ0n) is 5.93. The maximum absolute atomic E-state index is 10.6. The first kappa shape index (κ1) is 9.18. The third-order valence-electron chi connectivity index (χ3n) is 1.12. The lowest BCUT2D eigenvalue weighted by Gasteiger charge is -1.90. The van der Waals surface area contributed by atoms with Gasteiger partial charge in [0.2, 0.25) is 0 Å². The molecule has 0 aliphatic rings. The molecule has 0 aromatic carbocycles. The molecule has 1 aromatic rings. The van der Waals surface area contributed by atoms with Crippen LogP contribution < -0.4 is 5.82 Å². The average molecular weight is 286 g/mol.